The molecule has 1 aliphatic heterocycles. The van der Waals surface area contributed by atoms with E-state index in [4.69, 9.17) is 11.6 Å². The van der Waals surface area contributed by atoms with E-state index in [1.807, 2.05) is 6.08 Å². The summed E-state index contributed by atoms with van der Waals surface area (Å²) in [7, 11) is 0. The molecule has 0 spiro atoms. The zero-order valence-electron chi connectivity index (χ0n) is 10.3. The van der Waals surface area contributed by atoms with Crippen LogP contribution in [0.1, 0.15) is 33.6 Å². The minimum Gasteiger partial charge on any atom is -0.300 e. The number of halogens is 1. The molecule has 2 heteroatoms. The molecule has 0 amide bonds. The summed E-state index contributed by atoms with van der Waals surface area (Å²) >= 11 is 5.60. The smallest absolute Gasteiger partial charge is 0.0404 e. The third-order valence-corrected chi connectivity index (χ3v) is 3.61. The summed E-state index contributed by atoms with van der Waals surface area (Å²) in [6.45, 7) is 10.6. The molecule has 0 aliphatic carbocycles. The van der Waals surface area contributed by atoms with Crippen molar-refractivity contribution in [2.75, 3.05) is 25.5 Å². The van der Waals surface area contributed by atoms with Crippen molar-refractivity contribution in [1.82, 2.24) is 4.90 Å². The Morgan fingerprint density at radius 2 is 1.80 bits per heavy atom. The molecule has 1 fully saturated rings. The first-order valence-corrected chi connectivity index (χ1v) is 6.51. The lowest BCUT2D eigenvalue weighted by Crippen LogP contribution is -2.37. The second-order valence-electron chi connectivity index (χ2n) is 5.57. The van der Waals surface area contributed by atoms with E-state index < -0.39 is 0 Å². The Morgan fingerprint density at radius 3 is 2.27 bits per heavy atom. The van der Waals surface area contributed by atoms with Gasteiger partial charge in [0.05, 0.1) is 0 Å². The van der Waals surface area contributed by atoms with Gasteiger partial charge in [-0.05, 0) is 37.3 Å². The second kappa shape index (κ2) is 5.91. The summed E-state index contributed by atoms with van der Waals surface area (Å²) < 4.78 is 0. The van der Waals surface area contributed by atoms with Crippen molar-refractivity contribution in [2.45, 2.75) is 33.6 Å². The maximum absolute atomic E-state index is 5.60. The number of hydrogen-bond donors (Lipinski definition) is 0. The van der Waals surface area contributed by atoms with Crippen molar-refractivity contribution in [3.8, 4) is 0 Å². The van der Waals surface area contributed by atoms with Gasteiger partial charge in [-0.1, -0.05) is 32.9 Å². The summed E-state index contributed by atoms with van der Waals surface area (Å²) in [5, 5.41) is 0. The first-order chi connectivity index (χ1) is 7.04. The summed E-state index contributed by atoms with van der Waals surface area (Å²) in [5.74, 6) is 1.53. The van der Waals surface area contributed by atoms with Gasteiger partial charge in [-0.25, -0.2) is 0 Å². The fourth-order valence-electron chi connectivity index (χ4n) is 2.27. The maximum atomic E-state index is 5.60. The van der Waals surface area contributed by atoms with Crippen LogP contribution in [0.15, 0.2) is 12.2 Å². The van der Waals surface area contributed by atoms with Gasteiger partial charge in [-0.2, -0.15) is 0 Å². The molecule has 88 valence electrons. The number of likely N-dealkylation sites (tertiary alicyclic amines) is 1. The molecule has 0 aromatic carbocycles. The third-order valence-electron chi connectivity index (χ3n) is 3.43. The van der Waals surface area contributed by atoms with Crippen molar-refractivity contribution < 1.29 is 0 Å². The van der Waals surface area contributed by atoms with Crippen LogP contribution in [-0.2, 0) is 0 Å². The van der Waals surface area contributed by atoms with Crippen LogP contribution in [0, 0.1) is 11.3 Å². The van der Waals surface area contributed by atoms with Gasteiger partial charge in [0, 0.05) is 12.4 Å². The molecule has 0 N–H and O–H groups in total. The van der Waals surface area contributed by atoms with E-state index in [0.717, 1.165) is 12.5 Å². The molecule has 0 aromatic rings. The molecule has 1 heterocycles. The van der Waals surface area contributed by atoms with Crippen LogP contribution < -0.4 is 0 Å². The average Bonchev–Trinajstić information content (AvgIpc) is 2.18. The van der Waals surface area contributed by atoms with E-state index in [1.54, 1.807) is 0 Å². The lowest BCUT2D eigenvalue weighted by atomic mass is 9.75. The zero-order chi connectivity index (χ0) is 11.3. The SMILES string of the molecule is CC(C)(C)C1CCN(CC=CCCl)CC1. The van der Waals surface area contributed by atoms with Gasteiger partial charge < -0.3 is 0 Å². The van der Waals surface area contributed by atoms with E-state index in [-0.39, 0.29) is 0 Å². The Morgan fingerprint density at radius 1 is 1.20 bits per heavy atom. The number of nitrogens with zero attached hydrogens (tertiary/aromatic N) is 1. The molecular weight excluding hydrogens is 206 g/mol. The van der Waals surface area contributed by atoms with Crippen LogP contribution in [0.2, 0.25) is 0 Å². The molecule has 0 radical (unpaired) electrons. The van der Waals surface area contributed by atoms with Gasteiger partial charge in [0.15, 0.2) is 0 Å². The third kappa shape index (κ3) is 4.56. The van der Waals surface area contributed by atoms with Crippen LogP contribution in [0.4, 0.5) is 0 Å². The summed E-state index contributed by atoms with van der Waals surface area (Å²) in [6.07, 6.45) is 6.91. The standard InChI is InChI=1S/C13H24ClN/c1-13(2,3)12-6-10-15(11-7-12)9-5-4-8-14/h4-5,12H,6-11H2,1-3H3. The lowest BCUT2D eigenvalue weighted by molar-refractivity contribution is 0.120. The molecule has 0 aromatic heterocycles. The van der Waals surface area contributed by atoms with E-state index in [1.165, 1.54) is 25.9 Å². The molecule has 0 bridgehead atoms. The number of piperidine rings is 1. The molecule has 0 atom stereocenters. The van der Waals surface area contributed by atoms with Crippen molar-refractivity contribution in [2.24, 2.45) is 11.3 Å². The van der Waals surface area contributed by atoms with Crippen molar-refractivity contribution in [1.29, 1.82) is 0 Å². The fraction of sp³-hybridized carbons (Fsp3) is 0.846. The van der Waals surface area contributed by atoms with Gasteiger partial charge in [0.25, 0.3) is 0 Å². The van der Waals surface area contributed by atoms with E-state index in [2.05, 4.69) is 31.7 Å². The van der Waals surface area contributed by atoms with Gasteiger partial charge in [0.2, 0.25) is 0 Å². The van der Waals surface area contributed by atoms with Gasteiger partial charge >= 0.3 is 0 Å². The normalized spacial score (nSPS) is 21.3. The van der Waals surface area contributed by atoms with Gasteiger partial charge in [0.1, 0.15) is 0 Å². The van der Waals surface area contributed by atoms with Crippen LogP contribution in [-0.4, -0.2) is 30.4 Å². The van der Waals surface area contributed by atoms with Crippen molar-refractivity contribution in [3.63, 3.8) is 0 Å². The maximum Gasteiger partial charge on any atom is 0.0404 e. The number of allylic oxidation sites excluding steroid dienone is 1. The zero-order valence-corrected chi connectivity index (χ0v) is 11.1. The molecule has 1 saturated heterocycles. The first kappa shape index (κ1) is 13.1. The van der Waals surface area contributed by atoms with Crippen molar-refractivity contribution in [3.05, 3.63) is 12.2 Å². The second-order valence-corrected chi connectivity index (χ2v) is 5.88. The van der Waals surface area contributed by atoms with Crippen LogP contribution in [0.5, 0.6) is 0 Å². The Kier molecular flexibility index (Phi) is 5.14. The van der Waals surface area contributed by atoms with Crippen molar-refractivity contribution >= 4 is 11.6 Å². The Hall–Kier alpha value is -0.0100. The Balaban J connectivity index is 2.27. The van der Waals surface area contributed by atoms with Gasteiger partial charge in [-0.3, -0.25) is 4.90 Å². The molecule has 1 aliphatic rings. The van der Waals surface area contributed by atoms with E-state index >= 15 is 0 Å². The molecule has 15 heavy (non-hydrogen) atoms. The molecular formula is C13H24ClN. The first-order valence-electron chi connectivity index (χ1n) is 5.97. The monoisotopic (exact) mass is 229 g/mol. The summed E-state index contributed by atoms with van der Waals surface area (Å²) in [6, 6.07) is 0. The van der Waals surface area contributed by atoms with Gasteiger partial charge in [-0.15, -0.1) is 11.6 Å². The Labute approximate surface area is 99.5 Å². The number of alkyl halides is 1. The average molecular weight is 230 g/mol. The highest BCUT2D eigenvalue weighted by Gasteiger charge is 2.28. The van der Waals surface area contributed by atoms with Crippen LogP contribution in [0.3, 0.4) is 0 Å². The Bertz CT molecular complexity index is 197. The fourth-order valence-corrected chi connectivity index (χ4v) is 2.39. The number of hydrogen-bond acceptors (Lipinski definition) is 1. The molecule has 0 unspecified atom stereocenters. The minimum atomic E-state index is 0.484. The van der Waals surface area contributed by atoms with E-state index in [0.29, 0.717) is 11.3 Å². The lowest BCUT2D eigenvalue weighted by Gasteiger charge is -2.38. The predicted molar refractivity (Wildman–Crippen MR) is 68.5 cm³/mol. The van der Waals surface area contributed by atoms with E-state index in [9.17, 15) is 0 Å². The van der Waals surface area contributed by atoms with Crippen LogP contribution in [0.25, 0.3) is 0 Å². The molecule has 1 rings (SSSR count). The summed E-state index contributed by atoms with van der Waals surface area (Å²) in [5.41, 5.74) is 0.484. The molecule has 1 nitrogen and oxygen atoms in total. The summed E-state index contributed by atoms with van der Waals surface area (Å²) in [4.78, 5) is 2.52. The molecule has 0 saturated carbocycles. The quantitative estimate of drug-likeness (QED) is 0.529. The minimum absolute atomic E-state index is 0.484. The predicted octanol–water partition coefficient (Wildman–Crippen LogP) is 3.54. The highest BCUT2D eigenvalue weighted by atomic mass is 35.5. The highest BCUT2D eigenvalue weighted by molar-refractivity contribution is 6.18. The number of rotatable bonds is 3. The topological polar surface area (TPSA) is 3.24 Å². The van der Waals surface area contributed by atoms with Crippen LogP contribution >= 0.6 is 11.6 Å². The highest BCUT2D eigenvalue weighted by Crippen LogP contribution is 2.34. The largest absolute Gasteiger partial charge is 0.300 e.